The Labute approximate surface area is 183 Å². The van der Waals surface area contributed by atoms with Gasteiger partial charge >= 0.3 is 0 Å². The minimum Gasteiger partial charge on any atom is -0.361 e. The standard InChI is InChI=1S/C24H22N4O2S/c1-13-4-3-5-19-22(13)17(12-25-19)11-21(30)27-24-28-23(14(2)31-24)16-6-8-18-15(10-16)7-9-20(29)26-18/h3-6,8,10,12,25H,7,9,11H2,1-2H3,(H,26,29)(H,27,28,30). The molecule has 2 aromatic heterocycles. The van der Waals surface area contributed by atoms with E-state index >= 15 is 0 Å². The number of nitrogens with zero attached hydrogens (tertiary/aromatic N) is 1. The van der Waals surface area contributed by atoms with Gasteiger partial charge in [-0.1, -0.05) is 18.2 Å². The lowest BCUT2D eigenvalue weighted by atomic mass is 9.99. The number of hydrogen-bond acceptors (Lipinski definition) is 4. The molecule has 6 nitrogen and oxygen atoms in total. The Kier molecular flexibility index (Phi) is 4.82. The molecule has 0 atom stereocenters. The van der Waals surface area contributed by atoms with Gasteiger partial charge in [-0.2, -0.15) is 0 Å². The second kappa shape index (κ2) is 7.67. The first kappa shape index (κ1) is 19.5. The molecule has 2 amide bonds. The second-order valence-electron chi connectivity index (χ2n) is 7.88. The number of aromatic amines is 1. The first-order chi connectivity index (χ1) is 15.0. The van der Waals surface area contributed by atoms with Crippen LogP contribution in [0.3, 0.4) is 0 Å². The molecule has 0 saturated carbocycles. The van der Waals surface area contributed by atoms with Crippen LogP contribution in [0.2, 0.25) is 0 Å². The molecule has 3 heterocycles. The van der Waals surface area contributed by atoms with Gasteiger partial charge in [0.05, 0.1) is 12.1 Å². The molecule has 0 unspecified atom stereocenters. The van der Waals surface area contributed by atoms with Crippen molar-refractivity contribution in [3.8, 4) is 11.3 Å². The number of rotatable bonds is 4. The van der Waals surface area contributed by atoms with Gasteiger partial charge in [0.1, 0.15) is 0 Å². The Hall–Kier alpha value is -3.45. The van der Waals surface area contributed by atoms with Gasteiger partial charge in [-0.05, 0) is 55.2 Å². The minimum absolute atomic E-state index is 0.0560. The van der Waals surface area contributed by atoms with Crippen molar-refractivity contribution in [3.63, 3.8) is 0 Å². The highest BCUT2D eigenvalue weighted by Gasteiger charge is 2.18. The maximum atomic E-state index is 12.7. The number of aromatic nitrogens is 2. The van der Waals surface area contributed by atoms with Crippen LogP contribution in [-0.4, -0.2) is 21.8 Å². The number of fused-ring (bicyclic) bond motifs is 2. The summed E-state index contributed by atoms with van der Waals surface area (Å²) in [6.07, 6.45) is 3.42. The van der Waals surface area contributed by atoms with Crippen LogP contribution in [0.5, 0.6) is 0 Å². The van der Waals surface area contributed by atoms with E-state index in [0.29, 0.717) is 11.6 Å². The molecule has 0 bridgehead atoms. The number of H-pyrrole nitrogens is 1. The number of nitrogens with one attached hydrogen (secondary N) is 3. The Morgan fingerprint density at radius 3 is 2.94 bits per heavy atom. The van der Waals surface area contributed by atoms with Gasteiger partial charge in [0.2, 0.25) is 11.8 Å². The first-order valence-corrected chi connectivity index (χ1v) is 11.1. The number of carbonyl (C=O) groups excluding carboxylic acids is 2. The third-order valence-corrected chi connectivity index (χ3v) is 6.55. The van der Waals surface area contributed by atoms with E-state index in [1.165, 1.54) is 11.3 Å². The van der Waals surface area contributed by atoms with Crippen LogP contribution in [0.4, 0.5) is 10.8 Å². The summed E-state index contributed by atoms with van der Waals surface area (Å²) in [5, 5.41) is 7.57. The zero-order valence-electron chi connectivity index (χ0n) is 17.3. The van der Waals surface area contributed by atoms with Crippen LogP contribution in [0.1, 0.15) is 28.0 Å². The fourth-order valence-electron chi connectivity index (χ4n) is 4.18. The van der Waals surface area contributed by atoms with Crippen molar-refractivity contribution in [2.75, 3.05) is 10.6 Å². The molecule has 7 heteroatoms. The Bertz CT molecular complexity index is 1330. The van der Waals surface area contributed by atoms with E-state index in [1.54, 1.807) is 0 Å². The number of benzene rings is 2. The zero-order chi connectivity index (χ0) is 21.5. The lowest BCUT2D eigenvalue weighted by Gasteiger charge is -2.17. The molecule has 156 valence electrons. The molecule has 5 rings (SSSR count). The number of carbonyl (C=O) groups is 2. The number of amides is 2. The van der Waals surface area contributed by atoms with E-state index in [-0.39, 0.29) is 18.2 Å². The lowest BCUT2D eigenvalue weighted by Crippen LogP contribution is -2.18. The highest BCUT2D eigenvalue weighted by molar-refractivity contribution is 7.16. The predicted molar refractivity (Wildman–Crippen MR) is 125 cm³/mol. The van der Waals surface area contributed by atoms with Gasteiger partial charge in [-0.3, -0.25) is 9.59 Å². The van der Waals surface area contributed by atoms with Crippen LogP contribution in [0, 0.1) is 13.8 Å². The quantitative estimate of drug-likeness (QED) is 0.427. The van der Waals surface area contributed by atoms with Gasteiger partial charge in [-0.25, -0.2) is 4.98 Å². The summed E-state index contributed by atoms with van der Waals surface area (Å²) < 4.78 is 0. The van der Waals surface area contributed by atoms with E-state index < -0.39 is 0 Å². The molecule has 0 radical (unpaired) electrons. The second-order valence-corrected chi connectivity index (χ2v) is 9.08. The van der Waals surface area contributed by atoms with Crippen LogP contribution in [0.15, 0.2) is 42.6 Å². The fourth-order valence-corrected chi connectivity index (χ4v) is 5.03. The van der Waals surface area contributed by atoms with Gasteiger partial charge in [0.15, 0.2) is 5.13 Å². The summed E-state index contributed by atoms with van der Waals surface area (Å²) in [4.78, 5) is 33.3. The van der Waals surface area contributed by atoms with E-state index in [4.69, 9.17) is 0 Å². The molecule has 0 saturated heterocycles. The third-order valence-electron chi connectivity index (χ3n) is 5.66. The van der Waals surface area contributed by atoms with E-state index in [1.807, 2.05) is 37.4 Å². The molecular weight excluding hydrogens is 408 g/mol. The summed E-state index contributed by atoms with van der Waals surface area (Å²) in [7, 11) is 0. The Balaban J connectivity index is 1.35. The highest BCUT2D eigenvalue weighted by atomic mass is 32.1. The van der Waals surface area contributed by atoms with Crippen LogP contribution in [0.25, 0.3) is 22.2 Å². The fraction of sp³-hybridized carbons (Fsp3) is 0.208. The summed E-state index contributed by atoms with van der Waals surface area (Å²) in [5.41, 5.74) is 7.02. The highest BCUT2D eigenvalue weighted by Crippen LogP contribution is 2.34. The van der Waals surface area contributed by atoms with Crippen molar-refractivity contribution < 1.29 is 9.59 Å². The Morgan fingerprint density at radius 1 is 1.19 bits per heavy atom. The predicted octanol–water partition coefficient (Wildman–Crippen LogP) is 4.97. The molecule has 2 aromatic carbocycles. The van der Waals surface area contributed by atoms with Crippen LogP contribution >= 0.6 is 11.3 Å². The summed E-state index contributed by atoms with van der Waals surface area (Å²) in [6, 6.07) is 12.1. The van der Waals surface area contributed by atoms with Gasteiger partial charge in [0.25, 0.3) is 0 Å². The van der Waals surface area contributed by atoms with E-state index in [0.717, 1.165) is 55.8 Å². The minimum atomic E-state index is -0.0855. The molecule has 3 N–H and O–H groups in total. The van der Waals surface area contributed by atoms with Crippen molar-refractivity contribution in [1.82, 2.24) is 9.97 Å². The topological polar surface area (TPSA) is 86.9 Å². The zero-order valence-corrected chi connectivity index (χ0v) is 18.2. The smallest absolute Gasteiger partial charge is 0.230 e. The molecule has 0 spiro atoms. The molecule has 4 aromatic rings. The first-order valence-electron chi connectivity index (χ1n) is 10.2. The molecular formula is C24H22N4O2S. The monoisotopic (exact) mass is 430 g/mol. The number of hydrogen-bond donors (Lipinski definition) is 3. The Morgan fingerprint density at radius 2 is 2.06 bits per heavy atom. The van der Waals surface area contributed by atoms with Crippen LogP contribution in [-0.2, 0) is 22.4 Å². The summed E-state index contributed by atoms with van der Waals surface area (Å²) in [5.74, 6) is -0.0295. The van der Waals surface area contributed by atoms with Crippen molar-refractivity contribution in [2.45, 2.75) is 33.1 Å². The number of anilines is 2. The normalized spacial score (nSPS) is 13.2. The summed E-state index contributed by atoms with van der Waals surface area (Å²) >= 11 is 1.47. The van der Waals surface area contributed by atoms with Gasteiger partial charge in [0, 0.05) is 39.6 Å². The van der Waals surface area contributed by atoms with Crippen molar-refractivity contribution in [1.29, 1.82) is 0 Å². The molecule has 1 aliphatic heterocycles. The van der Waals surface area contributed by atoms with Crippen molar-refractivity contribution in [2.24, 2.45) is 0 Å². The SMILES string of the molecule is Cc1sc(NC(=O)Cc2c[nH]c3cccc(C)c23)nc1-c1ccc2c(c1)CCC(=O)N2. The maximum absolute atomic E-state index is 12.7. The number of thiazole rings is 1. The van der Waals surface area contributed by atoms with E-state index in [9.17, 15) is 9.59 Å². The lowest BCUT2D eigenvalue weighted by molar-refractivity contribution is -0.116. The average molecular weight is 431 g/mol. The van der Waals surface area contributed by atoms with Gasteiger partial charge < -0.3 is 15.6 Å². The molecule has 31 heavy (non-hydrogen) atoms. The average Bonchev–Trinajstić information content (AvgIpc) is 3.31. The van der Waals surface area contributed by atoms with Crippen LogP contribution < -0.4 is 10.6 Å². The molecule has 1 aliphatic rings. The molecule has 0 fully saturated rings. The third kappa shape index (κ3) is 3.72. The van der Waals surface area contributed by atoms with Crippen molar-refractivity contribution >= 4 is 44.9 Å². The largest absolute Gasteiger partial charge is 0.361 e. The van der Waals surface area contributed by atoms with E-state index in [2.05, 4.69) is 39.7 Å². The molecule has 0 aliphatic carbocycles. The maximum Gasteiger partial charge on any atom is 0.230 e. The van der Waals surface area contributed by atoms with Crippen molar-refractivity contribution in [3.05, 3.63) is 64.2 Å². The summed E-state index contributed by atoms with van der Waals surface area (Å²) in [6.45, 7) is 4.06. The number of aryl methyl sites for hydroxylation is 3. The van der Waals surface area contributed by atoms with Gasteiger partial charge in [-0.15, -0.1) is 11.3 Å².